The van der Waals surface area contributed by atoms with E-state index in [-0.39, 0.29) is 0 Å². The Morgan fingerprint density at radius 3 is 2.69 bits per heavy atom. The highest BCUT2D eigenvalue weighted by molar-refractivity contribution is 5.95. The van der Waals surface area contributed by atoms with Crippen molar-refractivity contribution in [2.75, 3.05) is 0 Å². The van der Waals surface area contributed by atoms with Gasteiger partial charge < -0.3 is 5.11 Å². The Hall–Kier alpha value is -2.09. The second-order valence-corrected chi connectivity index (χ2v) is 3.69. The summed E-state index contributed by atoms with van der Waals surface area (Å²) in [7, 11) is 0. The predicted molar refractivity (Wildman–Crippen MR) is 65.4 cm³/mol. The van der Waals surface area contributed by atoms with Gasteiger partial charge in [-0.1, -0.05) is 36.4 Å². The van der Waals surface area contributed by atoms with Crippen molar-refractivity contribution in [1.29, 1.82) is 0 Å². The molecule has 16 heavy (non-hydrogen) atoms. The first-order valence-electron chi connectivity index (χ1n) is 5.08. The van der Waals surface area contributed by atoms with E-state index in [4.69, 9.17) is 5.11 Å². The molecule has 0 spiro atoms. The van der Waals surface area contributed by atoms with Gasteiger partial charge in [0.2, 0.25) is 0 Å². The normalized spacial score (nSPS) is 11.1. The number of aliphatic carboxylic acids is 1. The largest absolute Gasteiger partial charge is 0.478 e. The molecule has 0 atom stereocenters. The van der Waals surface area contributed by atoms with Crippen molar-refractivity contribution in [2.24, 2.45) is 0 Å². The maximum Gasteiger partial charge on any atom is 0.328 e. The van der Waals surface area contributed by atoms with E-state index in [9.17, 15) is 4.79 Å². The van der Waals surface area contributed by atoms with Crippen LogP contribution in [0.4, 0.5) is 0 Å². The highest BCUT2D eigenvalue weighted by Crippen LogP contribution is 2.23. The minimum atomic E-state index is -0.924. The van der Waals surface area contributed by atoms with Gasteiger partial charge >= 0.3 is 5.97 Å². The van der Waals surface area contributed by atoms with Gasteiger partial charge in [-0.05, 0) is 34.9 Å². The van der Waals surface area contributed by atoms with Crippen LogP contribution < -0.4 is 0 Å². The molecule has 0 radical (unpaired) electrons. The summed E-state index contributed by atoms with van der Waals surface area (Å²) < 4.78 is 0. The molecule has 0 saturated carbocycles. The van der Waals surface area contributed by atoms with Crippen molar-refractivity contribution in [3.05, 3.63) is 53.6 Å². The molecular formula is C14H12O2. The smallest absolute Gasteiger partial charge is 0.328 e. The molecule has 80 valence electrons. The Kier molecular flexibility index (Phi) is 2.73. The maximum absolute atomic E-state index is 10.5. The molecular weight excluding hydrogens is 200 g/mol. The van der Waals surface area contributed by atoms with Gasteiger partial charge in [0.05, 0.1) is 0 Å². The Morgan fingerprint density at radius 2 is 1.94 bits per heavy atom. The van der Waals surface area contributed by atoms with Crippen LogP contribution in [0.3, 0.4) is 0 Å². The summed E-state index contributed by atoms with van der Waals surface area (Å²) in [5.74, 6) is -0.924. The Bertz CT molecular complexity index is 568. The number of fused-ring (bicyclic) bond motifs is 1. The third kappa shape index (κ3) is 1.96. The molecule has 0 heterocycles. The highest BCUT2D eigenvalue weighted by atomic mass is 16.4. The topological polar surface area (TPSA) is 37.3 Å². The zero-order valence-corrected chi connectivity index (χ0v) is 8.97. The third-order valence-corrected chi connectivity index (χ3v) is 2.58. The van der Waals surface area contributed by atoms with E-state index in [1.54, 1.807) is 6.08 Å². The lowest BCUT2D eigenvalue weighted by atomic mass is 9.99. The molecule has 2 nitrogen and oxygen atoms in total. The van der Waals surface area contributed by atoms with Crippen molar-refractivity contribution in [1.82, 2.24) is 0 Å². The summed E-state index contributed by atoms with van der Waals surface area (Å²) in [5.41, 5.74) is 2.05. The van der Waals surface area contributed by atoms with Crippen molar-refractivity contribution in [3.63, 3.8) is 0 Å². The van der Waals surface area contributed by atoms with Crippen LogP contribution in [0.25, 0.3) is 16.8 Å². The SMILES string of the molecule is Cc1ccc2ccccc2c1C=CC(=O)O. The second-order valence-electron chi connectivity index (χ2n) is 3.69. The molecule has 0 fully saturated rings. The van der Waals surface area contributed by atoms with Gasteiger partial charge in [0.1, 0.15) is 0 Å². The maximum atomic E-state index is 10.5. The fourth-order valence-corrected chi connectivity index (χ4v) is 1.78. The van der Waals surface area contributed by atoms with Gasteiger partial charge in [-0.3, -0.25) is 0 Å². The van der Waals surface area contributed by atoms with E-state index < -0.39 is 5.97 Å². The molecule has 2 rings (SSSR count). The molecule has 0 aliphatic rings. The van der Waals surface area contributed by atoms with Gasteiger partial charge in [0.25, 0.3) is 0 Å². The summed E-state index contributed by atoms with van der Waals surface area (Å²) in [4.78, 5) is 10.5. The summed E-state index contributed by atoms with van der Waals surface area (Å²) in [6.45, 7) is 1.98. The zero-order chi connectivity index (χ0) is 11.5. The first kappa shape index (κ1) is 10.4. The fourth-order valence-electron chi connectivity index (χ4n) is 1.78. The zero-order valence-electron chi connectivity index (χ0n) is 8.97. The molecule has 1 N–H and O–H groups in total. The highest BCUT2D eigenvalue weighted by Gasteiger charge is 2.01. The number of carboxylic acid groups (broad SMARTS) is 1. The molecule has 2 aromatic rings. The summed E-state index contributed by atoms with van der Waals surface area (Å²) >= 11 is 0. The summed E-state index contributed by atoms with van der Waals surface area (Å²) in [5, 5.41) is 10.9. The van der Waals surface area contributed by atoms with E-state index in [1.165, 1.54) is 6.08 Å². The van der Waals surface area contributed by atoms with Crippen molar-refractivity contribution >= 4 is 22.8 Å². The Morgan fingerprint density at radius 1 is 1.19 bits per heavy atom. The van der Waals surface area contributed by atoms with Gasteiger partial charge in [0, 0.05) is 6.08 Å². The first-order chi connectivity index (χ1) is 7.68. The second kappa shape index (κ2) is 4.19. The predicted octanol–water partition coefficient (Wildman–Crippen LogP) is 3.25. The van der Waals surface area contributed by atoms with Crippen LogP contribution in [0.1, 0.15) is 11.1 Å². The molecule has 2 heteroatoms. The molecule has 2 aromatic carbocycles. The lowest BCUT2D eigenvalue weighted by Gasteiger charge is -2.05. The van der Waals surface area contributed by atoms with E-state index in [1.807, 2.05) is 43.3 Å². The fraction of sp³-hybridized carbons (Fsp3) is 0.0714. The van der Waals surface area contributed by atoms with Gasteiger partial charge in [-0.2, -0.15) is 0 Å². The first-order valence-corrected chi connectivity index (χ1v) is 5.08. The molecule has 0 amide bonds. The van der Waals surface area contributed by atoms with E-state index in [2.05, 4.69) is 0 Å². The van der Waals surface area contributed by atoms with Crippen LogP contribution >= 0.6 is 0 Å². The van der Waals surface area contributed by atoms with Crippen LogP contribution in [-0.4, -0.2) is 11.1 Å². The summed E-state index contributed by atoms with van der Waals surface area (Å²) in [6.07, 6.45) is 2.83. The molecule has 0 aliphatic carbocycles. The lowest BCUT2D eigenvalue weighted by molar-refractivity contribution is -0.131. The van der Waals surface area contributed by atoms with Crippen LogP contribution in [0.5, 0.6) is 0 Å². The molecule has 0 aromatic heterocycles. The number of hydrogen-bond acceptors (Lipinski definition) is 1. The van der Waals surface area contributed by atoms with Crippen LogP contribution in [0.15, 0.2) is 42.5 Å². The number of rotatable bonds is 2. The number of benzene rings is 2. The number of aryl methyl sites for hydroxylation is 1. The molecule has 0 unspecified atom stereocenters. The van der Waals surface area contributed by atoms with E-state index >= 15 is 0 Å². The van der Waals surface area contributed by atoms with Gasteiger partial charge in [-0.25, -0.2) is 4.79 Å². The minimum absolute atomic E-state index is 0.924. The lowest BCUT2D eigenvalue weighted by Crippen LogP contribution is -1.88. The van der Waals surface area contributed by atoms with E-state index in [0.717, 1.165) is 21.9 Å². The third-order valence-electron chi connectivity index (χ3n) is 2.58. The van der Waals surface area contributed by atoms with Crippen molar-refractivity contribution < 1.29 is 9.90 Å². The summed E-state index contributed by atoms with van der Waals surface area (Å²) in [6, 6.07) is 12.0. The molecule has 0 bridgehead atoms. The number of hydrogen-bond donors (Lipinski definition) is 1. The molecule has 0 saturated heterocycles. The average molecular weight is 212 g/mol. The monoisotopic (exact) mass is 212 g/mol. The van der Waals surface area contributed by atoms with Crippen LogP contribution in [0, 0.1) is 6.92 Å². The van der Waals surface area contributed by atoms with Gasteiger partial charge in [-0.15, -0.1) is 0 Å². The Labute approximate surface area is 93.8 Å². The Balaban J connectivity index is 2.66. The van der Waals surface area contributed by atoms with Crippen molar-refractivity contribution in [3.8, 4) is 0 Å². The standard InChI is InChI=1S/C14H12O2/c1-10-6-7-11-4-2-3-5-13(11)12(10)8-9-14(15)16/h2-9H,1H3,(H,15,16). The average Bonchev–Trinajstić information content (AvgIpc) is 2.27. The quantitative estimate of drug-likeness (QED) is 0.776. The number of carbonyl (C=O) groups is 1. The van der Waals surface area contributed by atoms with Gasteiger partial charge in [0.15, 0.2) is 0 Å². The van der Waals surface area contributed by atoms with E-state index in [0.29, 0.717) is 0 Å². The molecule has 0 aliphatic heterocycles. The van der Waals surface area contributed by atoms with Crippen LogP contribution in [0.2, 0.25) is 0 Å². The van der Waals surface area contributed by atoms with Crippen LogP contribution in [-0.2, 0) is 4.79 Å². The minimum Gasteiger partial charge on any atom is -0.478 e. The van der Waals surface area contributed by atoms with Crippen molar-refractivity contribution in [2.45, 2.75) is 6.92 Å². The number of carboxylic acids is 1.